The molecule has 0 radical (unpaired) electrons. The van der Waals surface area contributed by atoms with E-state index in [0.29, 0.717) is 0 Å². The lowest BCUT2D eigenvalue weighted by atomic mass is 9.97. The average Bonchev–Trinajstić information content (AvgIpc) is 2.84. The molecule has 0 aliphatic carbocycles. The molecule has 25 heavy (non-hydrogen) atoms. The van der Waals surface area contributed by atoms with E-state index in [1.165, 1.54) is 0 Å². The van der Waals surface area contributed by atoms with Crippen molar-refractivity contribution >= 4 is 22.8 Å². The van der Waals surface area contributed by atoms with E-state index in [1.807, 2.05) is 54.6 Å². The highest BCUT2D eigenvalue weighted by molar-refractivity contribution is 6.12. The predicted octanol–water partition coefficient (Wildman–Crippen LogP) is 3.97. The van der Waals surface area contributed by atoms with Crippen molar-refractivity contribution in [1.29, 1.82) is 0 Å². The van der Waals surface area contributed by atoms with E-state index in [9.17, 15) is 0 Å². The van der Waals surface area contributed by atoms with Crippen molar-refractivity contribution < 1.29 is 4.74 Å². The maximum atomic E-state index is 6.55. The number of nitrogens with one attached hydrogen (secondary N) is 1. The van der Waals surface area contributed by atoms with Gasteiger partial charge in [-0.05, 0) is 29.8 Å². The van der Waals surface area contributed by atoms with E-state index in [1.54, 1.807) is 19.5 Å². The minimum absolute atomic E-state index is 0.381. The van der Waals surface area contributed by atoms with Gasteiger partial charge in [-0.2, -0.15) is 0 Å². The van der Waals surface area contributed by atoms with Crippen LogP contribution in [0.3, 0.4) is 0 Å². The summed E-state index contributed by atoms with van der Waals surface area (Å²) in [5.41, 5.74) is 11.9. The van der Waals surface area contributed by atoms with Crippen LogP contribution in [0, 0.1) is 0 Å². The van der Waals surface area contributed by atoms with Gasteiger partial charge in [-0.15, -0.1) is 0 Å². The molecule has 0 saturated heterocycles. The Morgan fingerprint density at radius 1 is 1.04 bits per heavy atom. The van der Waals surface area contributed by atoms with Crippen LogP contribution in [0.1, 0.15) is 17.2 Å². The molecule has 1 aliphatic rings. The minimum atomic E-state index is -0.381. The molecule has 3 aromatic rings. The van der Waals surface area contributed by atoms with Crippen molar-refractivity contribution in [3.63, 3.8) is 0 Å². The van der Waals surface area contributed by atoms with Crippen molar-refractivity contribution in [3.8, 4) is 5.75 Å². The van der Waals surface area contributed by atoms with Gasteiger partial charge in [0.25, 0.3) is 0 Å². The van der Waals surface area contributed by atoms with Gasteiger partial charge < -0.3 is 15.8 Å². The van der Waals surface area contributed by atoms with Gasteiger partial charge >= 0.3 is 0 Å². The lowest BCUT2D eigenvalue weighted by Crippen LogP contribution is -2.22. The summed E-state index contributed by atoms with van der Waals surface area (Å²) in [5, 5.41) is 3.45. The first-order valence-corrected chi connectivity index (χ1v) is 8.05. The SMILES string of the molecule is COc1ccc2c(c1)N=C(C(N)c1cccnc1)c1ccccc1N2. The molecule has 0 saturated carbocycles. The van der Waals surface area contributed by atoms with Crippen molar-refractivity contribution in [3.05, 3.63) is 78.1 Å². The molecule has 1 atom stereocenters. The summed E-state index contributed by atoms with van der Waals surface area (Å²) >= 11 is 0. The fraction of sp³-hybridized carbons (Fsp3) is 0.100. The van der Waals surface area contributed by atoms with Gasteiger partial charge in [0.1, 0.15) is 5.75 Å². The van der Waals surface area contributed by atoms with Gasteiger partial charge in [-0.3, -0.25) is 4.98 Å². The van der Waals surface area contributed by atoms with Crippen LogP contribution >= 0.6 is 0 Å². The Kier molecular flexibility index (Phi) is 3.91. The minimum Gasteiger partial charge on any atom is -0.497 e. The number of anilines is 2. The number of hydrogen-bond acceptors (Lipinski definition) is 5. The van der Waals surface area contributed by atoms with Crippen molar-refractivity contribution in [1.82, 2.24) is 4.98 Å². The maximum Gasteiger partial charge on any atom is 0.121 e. The molecular formula is C20H18N4O. The number of para-hydroxylation sites is 1. The number of nitrogens with two attached hydrogens (primary N) is 1. The lowest BCUT2D eigenvalue weighted by molar-refractivity contribution is 0.415. The normalized spacial score (nSPS) is 13.6. The number of hydrogen-bond donors (Lipinski definition) is 2. The first kappa shape index (κ1) is 15.4. The summed E-state index contributed by atoms with van der Waals surface area (Å²) in [6.07, 6.45) is 3.52. The molecule has 1 unspecified atom stereocenters. The number of pyridine rings is 1. The third-order valence-electron chi connectivity index (χ3n) is 4.26. The molecule has 4 rings (SSSR count). The number of benzene rings is 2. The predicted molar refractivity (Wildman–Crippen MR) is 100 cm³/mol. The number of aliphatic imine (C=N–C) groups is 1. The zero-order chi connectivity index (χ0) is 17.2. The van der Waals surface area contributed by atoms with Crippen LogP contribution in [-0.2, 0) is 0 Å². The largest absolute Gasteiger partial charge is 0.497 e. The van der Waals surface area contributed by atoms with Gasteiger partial charge in [0.05, 0.1) is 30.2 Å². The Morgan fingerprint density at radius 2 is 1.92 bits per heavy atom. The molecule has 5 nitrogen and oxygen atoms in total. The summed E-state index contributed by atoms with van der Waals surface area (Å²) in [4.78, 5) is 9.07. The second-order valence-corrected chi connectivity index (χ2v) is 5.81. The van der Waals surface area contributed by atoms with Gasteiger partial charge in [0.15, 0.2) is 0 Å². The Labute approximate surface area is 146 Å². The molecule has 5 heteroatoms. The third kappa shape index (κ3) is 2.86. The molecule has 0 amide bonds. The molecule has 0 spiro atoms. The van der Waals surface area contributed by atoms with E-state index in [0.717, 1.165) is 39.7 Å². The number of fused-ring (bicyclic) bond motifs is 2. The zero-order valence-corrected chi connectivity index (χ0v) is 13.8. The number of nitrogens with zero attached hydrogens (tertiary/aromatic N) is 2. The molecule has 124 valence electrons. The third-order valence-corrected chi connectivity index (χ3v) is 4.26. The summed E-state index contributed by atoms with van der Waals surface area (Å²) < 4.78 is 5.34. The highest BCUT2D eigenvalue weighted by atomic mass is 16.5. The van der Waals surface area contributed by atoms with Crippen LogP contribution in [0.2, 0.25) is 0 Å². The topological polar surface area (TPSA) is 72.5 Å². The van der Waals surface area contributed by atoms with Crippen molar-refractivity contribution in [2.75, 3.05) is 12.4 Å². The van der Waals surface area contributed by atoms with Crippen LogP contribution in [0.5, 0.6) is 5.75 Å². The van der Waals surface area contributed by atoms with Gasteiger partial charge in [-0.1, -0.05) is 24.3 Å². The smallest absolute Gasteiger partial charge is 0.121 e. The fourth-order valence-corrected chi connectivity index (χ4v) is 2.94. The average molecular weight is 330 g/mol. The standard InChI is InChI=1S/C20H18N4O/c1-25-14-8-9-17-18(11-14)24-20(15-6-2-3-7-16(15)23-17)19(21)13-5-4-10-22-12-13/h2-12,19,23H,21H2,1H3. The van der Waals surface area contributed by atoms with E-state index in [2.05, 4.69) is 10.3 Å². The monoisotopic (exact) mass is 330 g/mol. The quantitative estimate of drug-likeness (QED) is 0.762. The van der Waals surface area contributed by atoms with Crippen LogP contribution < -0.4 is 15.8 Å². The zero-order valence-electron chi connectivity index (χ0n) is 13.8. The highest BCUT2D eigenvalue weighted by Gasteiger charge is 2.22. The first-order chi connectivity index (χ1) is 12.3. The van der Waals surface area contributed by atoms with E-state index < -0.39 is 0 Å². The van der Waals surface area contributed by atoms with Crippen LogP contribution in [0.4, 0.5) is 17.1 Å². The Hall–Kier alpha value is -3.18. The fourth-order valence-electron chi connectivity index (χ4n) is 2.94. The van der Waals surface area contributed by atoms with Crippen LogP contribution in [0.25, 0.3) is 0 Å². The molecular weight excluding hydrogens is 312 g/mol. The second-order valence-electron chi connectivity index (χ2n) is 5.81. The molecule has 2 aromatic carbocycles. The van der Waals surface area contributed by atoms with Crippen molar-refractivity contribution in [2.45, 2.75) is 6.04 Å². The maximum absolute atomic E-state index is 6.55. The number of rotatable bonds is 3. The Morgan fingerprint density at radius 3 is 2.72 bits per heavy atom. The molecule has 0 fully saturated rings. The van der Waals surface area contributed by atoms with E-state index in [4.69, 9.17) is 15.5 Å². The number of aromatic nitrogens is 1. The Bertz CT molecular complexity index is 937. The highest BCUT2D eigenvalue weighted by Crippen LogP contribution is 2.38. The summed E-state index contributed by atoms with van der Waals surface area (Å²) in [7, 11) is 1.65. The molecule has 3 N–H and O–H groups in total. The van der Waals surface area contributed by atoms with E-state index in [-0.39, 0.29) is 6.04 Å². The summed E-state index contributed by atoms with van der Waals surface area (Å²) in [6, 6.07) is 17.3. The van der Waals surface area contributed by atoms with Crippen molar-refractivity contribution in [2.24, 2.45) is 10.7 Å². The molecule has 0 bridgehead atoms. The number of ether oxygens (including phenoxy) is 1. The number of methoxy groups -OCH3 is 1. The van der Waals surface area contributed by atoms with Crippen LogP contribution in [-0.4, -0.2) is 17.8 Å². The van der Waals surface area contributed by atoms with Gasteiger partial charge in [-0.25, -0.2) is 4.99 Å². The summed E-state index contributed by atoms with van der Waals surface area (Å²) in [5.74, 6) is 0.754. The first-order valence-electron chi connectivity index (χ1n) is 8.05. The van der Waals surface area contributed by atoms with E-state index >= 15 is 0 Å². The molecule has 2 heterocycles. The van der Waals surface area contributed by atoms with Gasteiger partial charge in [0, 0.05) is 29.7 Å². The van der Waals surface area contributed by atoms with Crippen LogP contribution in [0.15, 0.2) is 72.0 Å². The molecule has 1 aliphatic heterocycles. The summed E-state index contributed by atoms with van der Waals surface area (Å²) in [6.45, 7) is 0. The van der Waals surface area contributed by atoms with Gasteiger partial charge in [0.2, 0.25) is 0 Å². The second kappa shape index (κ2) is 6.37. The lowest BCUT2D eigenvalue weighted by Gasteiger charge is -2.16. The Balaban J connectivity index is 1.90. The molecule has 1 aromatic heterocycles.